The maximum Gasteiger partial charge on any atom is 0.328 e. The Morgan fingerprint density at radius 1 is 0.925 bits per heavy atom. The first kappa shape index (κ1) is 39.3. The van der Waals surface area contributed by atoms with Crippen molar-refractivity contribution in [2.45, 2.75) is 121 Å². The molecule has 4 fully saturated rings. The maximum absolute atomic E-state index is 14.4. The molecule has 6 atom stereocenters. The molecule has 0 aliphatic carbocycles. The van der Waals surface area contributed by atoms with Crippen LogP contribution in [0.4, 0.5) is 0 Å². The SMILES string of the molecule is CCCC/C=C/C(=O)N[C@@H](Cc1cccc(O)c1)C(=O)N[C@H]1COC(=O)[C@@H]2CCCN2C(=O)[C@H](C)NC(=O)[C@@H]2CCCCN2C(=O)[C@@H]2CCCN2C1=O. The zero-order chi connectivity index (χ0) is 38.1. The lowest BCUT2D eigenvalue weighted by molar-refractivity contribution is -0.158. The minimum atomic E-state index is -1.44. The van der Waals surface area contributed by atoms with Gasteiger partial charge in [-0.15, -0.1) is 0 Å². The van der Waals surface area contributed by atoms with E-state index in [1.807, 2.05) is 6.92 Å². The zero-order valence-corrected chi connectivity index (χ0v) is 30.6. The summed E-state index contributed by atoms with van der Waals surface area (Å²) in [6.07, 6.45) is 9.00. The third kappa shape index (κ3) is 9.73. The molecule has 0 aromatic heterocycles. The number of nitrogens with zero attached hydrogens (tertiary/aromatic N) is 3. The summed E-state index contributed by atoms with van der Waals surface area (Å²) in [5, 5.41) is 18.2. The van der Waals surface area contributed by atoms with Gasteiger partial charge in [-0.1, -0.05) is 38.0 Å². The molecule has 5 rings (SSSR count). The molecule has 1 aromatic rings. The van der Waals surface area contributed by atoms with Crippen LogP contribution in [0.1, 0.15) is 83.6 Å². The fourth-order valence-corrected chi connectivity index (χ4v) is 7.61. The van der Waals surface area contributed by atoms with E-state index in [1.54, 1.807) is 25.1 Å². The highest BCUT2D eigenvalue weighted by Gasteiger charge is 2.45. The number of cyclic esters (lactones) is 1. The standard InChI is InChI=1S/C38H52N6O9/c1-3-4-5-6-17-32(46)40-27(22-25-12-9-13-26(45)21-25)33(47)41-28-23-53-38(52)31-16-11-20-44(31)35(49)24(2)39-34(48)29-14-7-8-18-42(29)37(51)30-15-10-19-43(30)36(28)50/h6,9,12-13,17,21,24,27-31,45H,3-5,7-8,10-11,14-16,18-20,22-23H2,1-2H3,(H,39,48)(H,40,46)(H,41,47)/b17-6+/t24-,27-,28-,29-,30-,31-/m0/s1. The van der Waals surface area contributed by atoms with Crippen LogP contribution >= 0.6 is 0 Å². The second-order valence-electron chi connectivity index (χ2n) is 14.3. The summed E-state index contributed by atoms with van der Waals surface area (Å²) in [6.45, 7) is 3.78. The number of carbonyl (C=O) groups excluding carboxylic acids is 7. The molecule has 0 radical (unpaired) electrons. The highest BCUT2D eigenvalue weighted by Crippen LogP contribution is 2.27. The molecule has 4 aliphatic heterocycles. The number of aromatic hydroxyl groups is 1. The Hall–Kier alpha value is -4.95. The van der Waals surface area contributed by atoms with Gasteiger partial charge >= 0.3 is 5.97 Å². The van der Waals surface area contributed by atoms with Crippen molar-refractivity contribution in [2.75, 3.05) is 26.2 Å². The van der Waals surface area contributed by atoms with Crippen LogP contribution in [0.3, 0.4) is 0 Å². The van der Waals surface area contributed by atoms with E-state index in [-0.39, 0.29) is 25.3 Å². The lowest BCUT2D eigenvalue weighted by Gasteiger charge is -2.39. The van der Waals surface area contributed by atoms with E-state index in [9.17, 15) is 38.7 Å². The number of phenols is 1. The first-order chi connectivity index (χ1) is 25.5. The van der Waals surface area contributed by atoms with Gasteiger partial charge in [-0.25, -0.2) is 4.79 Å². The van der Waals surface area contributed by atoms with Gasteiger partial charge in [0.25, 0.3) is 0 Å². The average Bonchev–Trinajstić information content (AvgIpc) is 3.84. The maximum atomic E-state index is 14.4. The van der Waals surface area contributed by atoms with Crippen molar-refractivity contribution in [3.8, 4) is 5.75 Å². The molecule has 4 aliphatic rings. The Kier molecular flexibility index (Phi) is 13.5. The van der Waals surface area contributed by atoms with Crippen LogP contribution in [0.5, 0.6) is 5.75 Å². The van der Waals surface area contributed by atoms with Crippen LogP contribution in [0.15, 0.2) is 36.4 Å². The molecule has 4 N–H and O–H groups in total. The molecule has 1 aromatic carbocycles. The number of allylic oxidation sites excluding steroid dienone is 1. The average molecular weight is 737 g/mol. The molecule has 288 valence electrons. The highest BCUT2D eigenvalue weighted by molar-refractivity contribution is 5.98. The molecule has 15 nitrogen and oxygen atoms in total. The first-order valence-electron chi connectivity index (χ1n) is 18.9. The number of benzene rings is 1. The molecule has 0 bridgehead atoms. The van der Waals surface area contributed by atoms with Crippen LogP contribution in [-0.2, 0) is 44.7 Å². The van der Waals surface area contributed by atoms with Crippen molar-refractivity contribution in [3.63, 3.8) is 0 Å². The lowest BCUT2D eigenvalue weighted by atomic mass is 9.99. The fourth-order valence-electron chi connectivity index (χ4n) is 7.61. The summed E-state index contributed by atoms with van der Waals surface area (Å²) >= 11 is 0. The molecule has 15 heteroatoms. The van der Waals surface area contributed by atoms with Gasteiger partial charge in [-0.3, -0.25) is 28.8 Å². The van der Waals surface area contributed by atoms with E-state index in [2.05, 4.69) is 16.0 Å². The fraction of sp³-hybridized carbons (Fsp3) is 0.605. The first-order valence-corrected chi connectivity index (χ1v) is 18.9. The molecule has 0 saturated carbocycles. The summed E-state index contributed by atoms with van der Waals surface area (Å²) < 4.78 is 5.67. The number of piperidine rings is 1. The van der Waals surface area contributed by atoms with Gasteiger partial charge in [0.05, 0.1) is 0 Å². The Balaban J connectivity index is 1.45. The Labute approximate surface area is 309 Å². The molecule has 0 spiro atoms. The predicted molar refractivity (Wildman–Crippen MR) is 192 cm³/mol. The van der Waals surface area contributed by atoms with Gasteiger partial charge < -0.3 is 40.5 Å². The van der Waals surface area contributed by atoms with E-state index in [1.165, 1.54) is 32.9 Å². The van der Waals surface area contributed by atoms with Crippen LogP contribution in [-0.4, -0.2) is 124 Å². The molecule has 4 saturated heterocycles. The Bertz CT molecular complexity index is 1580. The van der Waals surface area contributed by atoms with Crippen LogP contribution < -0.4 is 16.0 Å². The Morgan fingerprint density at radius 3 is 2.34 bits per heavy atom. The van der Waals surface area contributed by atoms with Gasteiger partial charge in [0.2, 0.25) is 35.4 Å². The molecular formula is C38H52N6O9. The molecular weight excluding hydrogens is 684 g/mol. The minimum Gasteiger partial charge on any atom is -0.508 e. The predicted octanol–water partition coefficient (Wildman–Crippen LogP) is 1.08. The summed E-state index contributed by atoms with van der Waals surface area (Å²) in [6, 6.07) is -0.0618. The largest absolute Gasteiger partial charge is 0.508 e. The summed E-state index contributed by atoms with van der Waals surface area (Å²) in [4.78, 5) is 100. The monoisotopic (exact) mass is 736 g/mol. The number of phenolic OH excluding ortho intramolecular Hbond substituents is 1. The number of ether oxygens (including phenoxy) is 1. The van der Waals surface area contributed by atoms with E-state index in [0.29, 0.717) is 63.5 Å². The molecule has 53 heavy (non-hydrogen) atoms. The Morgan fingerprint density at radius 2 is 1.60 bits per heavy atom. The number of esters is 1. The smallest absolute Gasteiger partial charge is 0.328 e. The van der Waals surface area contributed by atoms with E-state index >= 15 is 0 Å². The van der Waals surface area contributed by atoms with Crippen LogP contribution in [0, 0.1) is 0 Å². The van der Waals surface area contributed by atoms with Crippen LogP contribution in [0.2, 0.25) is 0 Å². The minimum absolute atomic E-state index is 0.0286. The second kappa shape index (κ2) is 18.2. The van der Waals surface area contributed by atoms with E-state index in [4.69, 9.17) is 4.74 Å². The number of nitrogens with one attached hydrogen (secondary N) is 3. The van der Waals surface area contributed by atoms with Crippen molar-refractivity contribution in [3.05, 3.63) is 42.0 Å². The van der Waals surface area contributed by atoms with Crippen molar-refractivity contribution >= 4 is 41.4 Å². The van der Waals surface area contributed by atoms with E-state index < -0.39 is 84.3 Å². The van der Waals surface area contributed by atoms with Crippen molar-refractivity contribution < 1.29 is 43.4 Å². The number of hydrogen-bond acceptors (Lipinski definition) is 9. The number of fused-ring (bicyclic) bond motifs is 3. The third-order valence-corrected chi connectivity index (χ3v) is 10.4. The molecule has 0 unspecified atom stereocenters. The molecule has 6 amide bonds. The number of amides is 6. The van der Waals surface area contributed by atoms with Gasteiger partial charge in [0.1, 0.15) is 48.6 Å². The van der Waals surface area contributed by atoms with Gasteiger partial charge in [-0.05, 0) is 82.1 Å². The number of hydrogen-bond donors (Lipinski definition) is 4. The quantitative estimate of drug-likeness (QED) is 0.163. The van der Waals surface area contributed by atoms with Crippen molar-refractivity contribution in [2.24, 2.45) is 0 Å². The number of rotatable bonds is 9. The topological polar surface area (TPSA) is 195 Å². The number of carbonyl (C=O) groups is 7. The zero-order valence-electron chi connectivity index (χ0n) is 30.6. The second-order valence-corrected chi connectivity index (χ2v) is 14.3. The number of unbranched alkanes of at least 4 members (excludes halogenated alkanes) is 2. The van der Waals surface area contributed by atoms with Gasteiger partial charge in [0.15, 0.2) is 0 Å². The van der Waals surface area contributed by atoms with Crippen molar-refractivity contribution in [1.82, 2.24) is 30.7 Å². The molecule has 4 heterocycles. The summed E-state index contributed by atoms with van der Waals surface area (Å²) in [7, 11) is 0. The summed E-state index contributed by atoms with van der Waals surface area (Å²) in [5.41, 5.74) is 0.543. The van der Waals surface area contributed by atoms with Gasteiger partial charge in [-0.2, -0.15) is 0 Å². The summed E-state index contributed by atoms with van der Waals surface area (Å²) in [5.74, 6) is -4.03. The normalized spacial score (nSPS) is 26.4. The highest BCUT2D eigenvalue weighted by atomic mass is 16.5. The van der Waals surface area contributed by atoms with Crippen LogP contribution in [0.25, 0.3) is 0 Å². The van der Waals surface area contributed by atoms with E-state index in [0.717, 1.165) is 12.8 Å². The lowest BCUT2D eigenvalue weighted by Crippen LogP contribution is -2.62. The van der Waals surface area contributed by atoms with Gasteiger partial charge in [0, 0.05) is 26.1 Å². The third-order valence-electron chi connectivity index (χ3n) is 10.4. The van der Waals surface area contributed by atoms with Crippen molar-refractivity contribution in [1.29, 1.82) is 0 Å².